The maximum absolute atomic E-state index is 12.8. The first-order chi connectivity index (χ1) is 13.2. The molecule has 0 atom stereocenters. The number of hydrogen-bond donors (Lipinski definition) is 0. The van der Waals surface area contributed by atoms with Gasteiger partial charge in [0.1, 0.15) is 5.69 Å². The smallest absolute Gasteiger partial charge is 0.253 e. The second kappa shape index (κ2) is 7.79. The Bertz CT molecular complexity index is 933. The van der Waals surface area contributed by atoms with Gasteiger partial charge in [-0.2, -0.15) is 0 Å². The van der Waals surface area contributed by atoms with E-state index in [1.165, 1.54) is 0 Å². The van der Waals surface area contributed by atoms with Crippen molar-refractivity contribution in [3.05, 3.63) is 48.0 Å². The highest BCUT2D eigenvalue weighted by Gasteiger charge is 2.24. The minimum absolute atomic E-state index is 0.0594. The maximum atomic E-state index is 12.8. The highest BCUT2D eigenvalue weighted by Crippen LogP contribution is 2.21. The molecule has 4 rings (SSSR count). The molecular weight excluding hydrogens is 344 g/mol. The number of ether oxygens (including phenoxy) is 1. The highest BCUT2D eigenvalue weighted by molar-refractivity contribution is 5.97. The van der Waals surface area contributed by atoms with Crippen LogP contribution in [0.25, 0.3) is 11.0 Å². The van der Waals surface area contributed by atoms with Crippen LogP contribution < -0.4 is 0 Å². The first-order valence-electron chi connectivity index (χ1n) is 9.11. The Kier molecular flexibility index (Phi) is 5.06. The van der Waals surface area contributed by atoms with Gasteiger partial charge in [0.25, 0.3) is 5.91 Å². The Morgan fingerprint density at radius 1 is 1.19 bits per heavy atom. The van der Waals surface area contributed by atoms with Gasteiger partial charge in [-0.3, -0.25) is 19.4 Å². The summed E-state index contributed by atoms with van der Waals surface area (Å²) < 4.78 is 6.95. The van der Waals surface area contributed by atoms with E-state index in [-0.39, 0.29) is 5.91 Å². The molecule has 1 aromatic carbocycles. The Labute approximate surface area is 157 Å². The number of carbonyl (C=O) groups excluding carboxylic acids is 1. The van der Waals surface area contributed by atoms with E-state index in [0.717, 1.165) is 49.2 Å². The van der Waals surface area contributed by atoms with Crippen molar-refractivity contribution in [1.29, 1.82) is 0 Å². The number of likely N-dealkylation sites (tertiary alicyclic amines) is 1. The molecule has 8 heteroatoms. The van der Waals surface area contributed by atoms with Gasteiger partial charge in [0.15, 0.2) is 0 Å². The first-order valence-corrected chi connectivity index (χ1v) is 9.11. The normalized spacial score (nSPS) is 15.4. The van der Waals surface area contributed by atoms with Gasteiger partial charge in [0, 0.05) is 44.7 Å². The predicted molar refractivity (Wildman–Crippen MR) is 98.9 cm³/mol. The quantitative estimate of drug-likeness (QED) is 0.686. The maximum Gasteiger partial charge on any atom is 0.253 e. The van der Waals surface area contributed by atoms with E-state index in [9.17, 15) is 4.79 Å². The molecule has 0 bridgehead atoms. The summed E-state index contributed by atoms with van der Waals surface area (Å²) in [5.74, 6) is 0.553. The number of rotatable bonds is 5. The molecule has 1 fully saturated rings. The number of piperidine rings is 1. The van der Waals surface area contributed by atoms with Crippen molar-refractivity contribution in [1.82, 2.24) is 29.9 Å². The summed E-state index contributed by atoms with van der Waals surface area (Å²) in [5.41, 5.74) is 3.05. The Morgan fingerprint density at radius 3 is 2.74 bits per heavy atom. The van der Waals surface area contributed by atoms with Gasteiger partial charge >= 0.3 is 0 Å². The third kappa shape index (κ3) is 3.95. The van der Waals surface area contributed by atoms with E-state index in [1.54, 1.807) is 19.5 Å². The molecule has 0 radical (unpaired) electrons. The number of hydrogen-bond acceptors (Lipinski definition) is 6. The van der Waals surface area contributed by atoms with Gasteiger partial charge in [-0.1, -0.05) is 5.21 Å². The molecule has 3 heterocycles. The second-order valence-electron chi connectivity index (χ2n) is 6.86. The monoisotopic (exact) mass is 366 g/mol. The van der Waals surface area contributed by atoms with Crippen LogP contribution in [0.3, 0.4) is 0 Å². The molecule has 140 valence electrons. The zero-order valence-electron chi connectivity index (χ0n) is 15.3. The molecule has 1 amide bonds. The molecule has 27 heavy (non-hydrogen) atoms. The van der Waals surface area contributed by atoms with Crippen LogP contribution in [0.1, 0.15) is 28.9 Å². The molecule has 8 nitrogen and oxygen atoms in total. The molecule has 0 unspecified atom stereocenters. The van der Waals surface area contributed by atoms with Gasteiger partial charge in [0.2, 0.25) is 0 Å². The number of nitrogens with zero attached hydrogens (tertiary/aromatic N) is 6. The largest absolute Gasteiger partial charge is 0.378 e. The van der Waals surface area contributed by atoms with E-state index < -0.39 is 0 Å². The first kappa shape index (κ1) is 17.5. The van der Waals surface area contributed by atoms with Crippen molar-refractivity contribution < 1.29 is 9.53 Å². The number of benzene rings is 1. The van der Waals surface area contributed by atoms with Crippen LogP contribution in [0.15, 0.2) is 36.8 Å². The van der Waals surface area contributed by atoms with E-state index >= 15 is 0 Å². The molecule has 1 aliphatic heterocycles. The van der Waals surface area contributed by atoms with Crippen molar-refractivity contribution >= 4 is 16.9 Å². The fraction of sp³-hybridized carbons (Fsp3) is 0.421. The lowest BCUT2D eigenvalue weighted by atomic mass is 9.96. The topological polar surface area (TPSA) is 86.0 Å². The fourth-order valence-electron chi connectivity index (χ4n) is 3.50. The summed E-state index contributed by atoms with van der Waals surface area (Å²) in [4.78, 5) is 23.3. The zero-order valence-corrected chi connectivity index (χ0v) is 15.3. The van der Waals surface area contributed by atoms with Crippen LogP contribution in [0.4, 0.5) is 0 Å². The SMILES string of the molecule is COCc1cn(CC2CCN(C(=O)c3ccc4nccnc4c3)CC2)nn1. The summed E-state index contributed by atoms with van der Waals surface area (Å²) in [6.45, 7) is 2.80. The van der Waals surface area contributed by atoms with Gasteiger partial charge in [-0.25, -0.2) is 0 Å². The van der Waals surface area contributed by atoms with Crippen LogP contribution in [0.2, 0.25) is 0 Å². The summed E-state index contributed by atoms with van der Waals surface area (Å²) >= 11 is 0. The Morgan fingerprint density at radius 2 is 1.96 bits per heavy atom. The van der Waals surface area contributed by atoms with Crippen molar-refractivity contribution in [2.24, 2.45) is 5.92 Å². The van der Waals surface area contributed by atoms with Crippen molar-refractivity contribution in [3.8, 4) is 0 Å². The van der Waals surface area contributed by atoms with Crippen LogP contribution in [-0.2, 0) is 17.9 Å². The van der Waals surface area contributed by atoms with Crippen LogP contribution in [0.5, 0.6) is 0 Å². The Hall–Kier alpha value is -2.87. The number of aromatic nitrogens is 5. The molecule has 1 saturated heterocycles. The zero-order chi connectivity index (χ0) is 18.6. The lowest BCUT2D eigenvalue weighted by Gasteiger charge is -2.32. The van der Waals surface area contributed by atoms with Gasteiger partial charge in [-0.05, 0) is 37.0 Å². The average molecular weight is 366 g/mol. The van der Waals surface area contributed by atoms with E-state index in [4.69, 9.17) is 4.74 Å². The van der Waals surface area contributed by atoms with E-state index in [1.807, 2.05) is 34.0 Å². The van der Waals surface area contributed by atoms with Crippen molar-refractivity contribution in [2.45, 2.75) is 26.0 Å². The molecule has 2 aromatic heterocycles. The summed E-state index contributed by atoms with van der Waals surface area (Å²) in [6.07, 6.45) is 7.14. The highest BCUT2D eigenvalue weighted by atomic mass is 16.5. The Balaban J connectivity index is 1.35. The van der Waals surface area contributed by atoms with Gasteiger partial charge in [-0.15, -0.1) is 5.10 Å². The fourth-order valence-corrected chi connectivity index (χ4v) is 3.50. The molecule has 3 aromatic rings. The molecule has 0 N–H and O–H groups in total. The third-order valence-electron chi connectivity index (χ3n) is 4.94. The average Bonchev–Trinajstić information content (AvgIpc) is 3.15. The number of methoxy groups -OCH3 is 1. The number of carbonyl (C=O) groups is 1. The summed E-state index contributed by atoms with van der Waals surface area (Å²) in [5, 5.41) is 8.24. The van der Waals surface area contributed by atoms with Crippen molar-refractivity contribution in [3.63, 3.8) is 0 Å². The van der Waals surface area contributed by atoms with E-state index in [2.05, 4.69) is 20.3 Å². The molecule has 0 spiro atoms. The summed E-state index contributed by atoms with van der Waals surface area (Å²) in [6, 6.07) is 5.51. The number of fused-ring (bicyclic) bond motifs is 1. The predicted octanol–water partition coefficient (Wildman–Crippen LogP) is 1.92. The second-order valence-corrected chi connectivity index (χ2v) is 6.86. The molecule has 1 aliphatic rings. The minimum Gasteiger partial charge on any atom is -0.378 e. The van der Waals surface area contributed by atoms with Gasteiger partial charge < -0.3 is 9.64 Å². The lowest BCUT2D eigenvalue weighted by molar-refractivity contribution is 0.0681. The standard InChI is InChI=1S/C19H22N6O2/c1-27-13-16-12-25(23-22-16)11-14-4-8-24(9-5-14)19(26)15-2-3-17-18(10-15)21-7-6-20-17/h2-3,6-7,10,12,14H,4-5,8-9,11,13H2,1H3. The van der Waals surface area contributed by atoms with Crippen molar-refractivity contribution in [2.75, 3.05) is 20.2 Å². The molecule has 0 saturated carbocycles. The van der Waals surface area contributed by atoms with Crippen LogP contribution >= 0.6 is 0 Å². The van der Waals surface area contributed by atoms with E-state index in [0.29, 0.717) is 18.1 Å². The molecule has 0 aliphatic carbocycles. The molecular formula is C19H22N6O2. The van der Waals surface area contributed by atoms with Crippen LogP contribution in [0, 0.1) is 5.92 Å². The number of amides is 1. The van der Waals surface area contributed by atoms with Gasteiger partial charge in [0.05, 0.1) is 23.8 Å². The lowest BCUT2D eigenvalue weighted by Crippen LogP contribution is -2.39. The summed E-state index contributed by atoms with van der Waals surface area (Å²) in [7, 11) is 1.65. The van der Waals surface area contributed by atoms with Crippen LogP contribution in [-0.4, -0.2) is 56.0 Å². The third-order valence-corrected chi connectivity index (χ3v) is 4.94. The minimum atomic E-state index is 0.0594.